The highest BCUT2D eigenvalue weighted by Crippen LogP contribution is 2.38. The first-order chi connectivity index (χ1) is 31.0. The maximum absolute atomic E-state index is 14.8. The van der Waals surface area contributed by atoms with Gasteiger partial charge >= 0.3 is 11.9 Å². The fraction of sp³-hybridized carbons (Fsp3) is 0.436. The third-order valence-corrected chi connectivity index (χ3v) is 10.6. The normalized spacial score (nSPS) is 22.8. The molecule has 6 rings (SSSR count). The Kier molecular flexibility index (Phi) is 14.6. The van der Waals surface area contributed by atoms with Gasteiger partial charge in [0.05, 0.1) is 31.8 Å². The molecule has 0 unspecified atom stereocenters. The molecule has 346 valence electrons. The monoisotopic (exact) mass is 913 g/mol. The van der Waals surface area contributed by atoms with Gasteiger partial charge in [-0.05, 0) is 36.2 Å². The van der Waals surface area contributed by atoms with Crippen molar-refractivity contribution in [1.82, 2.24) is 4.90 Å². The molecule has 3 aromatic carbocycles. The third kappa shape index (κ3) is 9.95. The maximum Gasteiger partial charge on any atom is 0.346 e. The number of hydrogen-bond donors (Lipinski definition) is 0. The first-order valence-corrected chi connectivity index (χ1v) is 19.4. The van der Waals surface area contributed by atoms with Gasteiger partial charge in [0.2, 0.25) is 12.9 Å². The van der Waals surface area contributed by atoms with Crippen LogP contribution in [0.4, 0.5) is 22.7 Å². The van der Waals surface area contributed by atoms with Crippen LogP contribution in [-0.4, -0.2) is 132 Å². The van der Waals surface area contributed by atoms with Gasteiger partial charge in [-0.15, -0.1) is 0 Å². The second kappa shape index (κ2) is 20.1. The van der Waals surface area contributed by atoms with E-state index in [0.29, 0.717) is 24.1 Å². The molecule has 26 nitrogen and oxygen atoms in total. The molecule has 1 fully saturated rings. The van der Waals surface area contributed by atoms with Crippen molar-refractivity contribution in [3.05, 3.63) is 111 Å². The lowest BCUT2D eigenvalue weighted by Gasteiger charge is -2.45. The molecular formula is C39H39N5O21. The van der Waals surface area contributed by atoms with Crippen molar-refractivity contribution < 1.29 is 81.5 Å². The van der Waals surface area contributed by atoms with Crippen LogP contribution in [0.1, 0.15) is 56.4 Å². The number of nitrogens with zero attached hydrogens (tertiary/aromatic N) is 5. The lowest BCUT2D eigenvalue weighted by Crippen LogP contribution is -2.62. The Morgan fingerprint density at radius 1 is 0.754 bits per heavy atom. The number of esters is 2. The van der Waals surface area contributed by atoms with E-state index in [9.17, 15) is 59.6 Å². The molecule has 65 heavy (non-hydrogen) atoms. The van der Waals surface area contributed by atoms with Gasteiger partial charge in [-0.25, -0.2) is 9.59 Å². The Morgan fingerprint density at radius 3 is 1.86 bits per heavy atom. The maximum atomic E-state index is 14.8. The van der Waals surface area contributed by atoms with E-state index in [2.05, 4.69) is 0 Å². The molecule has 3 heterocycles. The Morgan fingerprint density at radius 2 is 1.32 bits per heavy atom. The number of rotatable bonds is 16. The van der Waals surface area contributed by atoms with Gasteiger partial charge in [0.25, 0.3) is 28.7 Å². The van der Waals surface area contributed by atoms with Crippen molar-refractivity contribution >= 4 is 46.4 Å². The zero-order chi connectivity index (χ0) is 47.3. The number of Topliss-reactive ketones (excluding diaryl/α,β-unsaturated/α-hetero) is 1. The van der Waals surface area contributed by atoms with Crippen molar-refractivity contribution in [1.29, 1.82) is 0 Å². The smallest absolute Gasteiger partial charge is 0.346 e. The van der Waals surface area contributed by atoms with Crippen LogP contribution in [-0.2, 0) is 44.5 Å². The van der Waals surface area contributed by atoms with Crippen molar-refractivity contribution in [2.45, 2.75) is 69.2 Å². The number of nitro benzene ring substituents is 4. The molecule has 7 atom stereocenters. The standard InChI is InChI=1S/C39H39N5O21/c1-5-10-40-16-19-11-28-29(62-18-61-28)14-24(19)27(45)15-30(33(36(40)46)65-38(48)23-9-7-21(42(51)52)13-26(23)44(55)56)63-39-35(59-4)34(58-3)32(57-2)31(64-39)17-60-37(47)22-8-6-20(41(49)50)12-25(22)43(53)54/h6-9,11-14,30-35,39H,5,10,15-18H2,1-4H3/t30-,31-,32-,33+,34+,35-,39-/m1/s1. The van der Waals surface area contributed by atoms with Gasteiger partial charge in [0.15, 0.2) is 23.6 Å². The topological polar surface area (TPSA) is 327 Å². The van der Waals surface area contributed by atoms with E-state index in [4.69, 9.17) is 42.6 Å². The van der Waals surface area contributed by atoms with Gasteiger partial charge in [0.1, 0.15) is 48.3 Å². The van der Waals surface area contributed by atoms with Crippen LogP contribution in [0.25, 0.3) is 0 Å². The molecule has 0 spiro atoms. The summed E-state index contributed by atoms with van der Waals surface area (Å²) in [4.78, 5) is 100. The number of ketones is 1. The number of carbonyl (C=O) groups is 4. The minimum absolute atomic E-state index is 0.0155. The summed E-state index contributed by atoms with van der Waals surface area (Å²) in [6.45, 7) is 0.637. The third-order valence-electron chi connectivity index (χ3n) is 10.6. The molecule has 3 aliphatic heterocycles. The average Bonchev–Trinajstić information content (AvgIpc) is 3.76. The van der Waals surface area contributed by atoms with Crippen molar-refractivity contribution in [3.8, 4) is 11.5 Å². The predicted octanol–water partition coefficient (Wildman–Crippen LogP) is 3.61. The number of carbonyl (C=O) groups excluding carboxylic acids is 4. The number of amides is 1. The van der Waals surface area contributed by atoms with E-state index in [-0.39, 0.29) is 36.9 Å². The highest BCUT2D eigenvalue weighted by atomic mass is 16.7. The molecule has 1 saturated heterocycles. The molecule has 0 aromatic heterocycles. The average molecular weight is 914 g/mol. The second-order valence-electron chi connectivity index (χ2n) is 14.4. The summed E-state index contributed by atoms with van der Waals surface area (Å²) < 4.78 is 51.9. The SMILES string of the molecule is CCCN1Cc2cc3c(cc2C(=O)C[C@@H](O[C@@H]2O[C@H](COC(=O)c4ccc([N+](=O)[O-])cc4[N+](=O)[O-])[C@@H](OC)[C@H](OC)[C@H]2OC)[C@H](OC(=O)c2ccc([N+](=O)[O-])cc2[N+](=O)[O-])C1=O)OCO3. The molecule has 1 amide bonds. The summed E-state index contributed by atoms with van der Waals surface area (Å²) in [5.74, 6) is -3.89. The van der Waals surface area contributed by atoms with E-state index in [1.54, 1.807) is 6.92 Å². The minimum Gasteiger partial charge on any atom is -0.459 e. The minimum atomic E-state index is -2.09. The zero-order valence-corrected chi connectivity index (χ0v) is 34.7. The fourth-order valence-corrected chi connectivity index (χ4v) is 7.53. The fourth-order valence-electron chi connectivity index (χ4n) is 7.53. The van der Waals surface area contributed by atoms with Crippen LogP contribution in [0.2, 0.25) is 0 Å². The van der Waals surface area contributed by atoms with Gasteiger partial charge in [-0.2, -0.15) is 0 Å². The summed E-state index contributed by atoms with van der Waals surface area (Å²) >= 11 is 0. The van der Waals surface area contributed by atoms with E-state index in [0.717, 1.165) is 24.3 Å². The molecule has 26 heteroatoms. The summed E-state index contributed by atoms with van der Waals surface area (Å²) in [5.41, 5.74) is -4.38. The van der Waals surface area contributed by atoms with Gasteiger partial charge in [-0.3, -0.25) is 50.0 Å². The molecule has 0 radical (unpaired) electrons. The van der Waals surface area contributed by atoms with Crippen LogP contribution in [0.15, 0.2) is 48.5 Å². The Bertz CT molecular complexity index is 2410. The van der Waals surface area contributed by atoms with E-state index in [1.807, 2.05) is 0 Å². The number of benzene rings is 3. The second-order valence-corrected chi connectivity index (χ2v) is 14.4. The summed E-state index contributed by atoms with van der Waals surface area (Å²) in [7, 11) is 3.73. The highest BCUT2D eigenvalue weighted by Gasteiger charge is 2.51. The van der Waals surface area contributed by atoms with Crippen LogP contribution >= 0.6 is 0 Å². The number of non-ortho nitro benzene ring substituents is 2. The summed E-state index contributed by atoms with van der Waals surface area (Å²) in [6, 6.07) is 7.34. The van der Waals surface area contributed by atoms with E-state index in [1.165, 1.54) is 38.4 Å². The molecule has 0 aliphatic carbocycles. The van der Waals surface area contributed by atoms with Crippen molar-refractivity contribution in [2.24, 2.45) is 0 Å². The number of nitro groups is 4. The Labute approximate surface area is 365 Å². The van der Waals surface area contributed by atoms with E-state index < -0.39 is 133 Å². The quantitative estimate of drug-likeness (QED) is 0.112. The first-order valence-electron chi connectivity index (χ1n) is 19.4. The lowest BCUT2D eigenvalue weighted by atomic mass is 9.96. The number of ether oxygens (including phenoxy) is 9. The largest absolute Gasteiger partial charge is 0.459 e. The first kappa shape index (κ1) is 47.2. The number of fused-ring (bicyclic) bond motifs is 2. The van der Waals surface area contributed by atoms with Crippen LogP contribution < -0.4 is 9.47 Å². The molecule has 0 N–H and O–H groups in total. The summed E-state index contributed by atoms with van der Waals surface area (Å²) in [6.07, 6.45) is -11.0. The van der Waals surface area contributed by atoms with Crippen molar-refractivity contribution in [2.75, 3.05) is 41.3 Å². The molecule has 3 aromatic rings. The summed E-state index contributed by atoms with van der Waals surface area (Å²) in [5, 5.41) is 46.5. The zero-order valence-electron chi connectivity index (χ0n) is 34.7. The lowest BCUT2D eigenvalue weighted by molar-refractivity contribution is -0.394. The highest BCUT2D eigenvalue weighted by molar-refractivity contribution is 6.01. The predicted molar refractivity (Wildman–Crippen MR) is 212 cm³/mol. The number of hydrogen-bond acceptors (Lipinski definition) is 21. The van der Waals surface area contributed by atoms with Crippen LogP contribution in [0, 0.1) is 40.5 Å². The molecular weight excluding hydrogens is 874 g/mol. The van der Waals surface area contributed by atoms with Crippen LogP contribution in [0.3, 0.4) is 0 Å². The van der Waals surface area contributed by atoms with E-state index >= 15 is 0 Å². The van der Waals surface area contributed by atoms with Gasteiger partial charge in [-0.1, -0.05) is 6.92 Å². The number of methoxy groups -OCH3 is 3. The van der Waals surface area contributed by atoms with Gasteiger partial charge in [0, 0.05) is 58.5 Å². The Hall–Kier alpha value is -7.26. The molecule has 0 saturated carbocycles. The Balaban J connectivity index is 1.40. The van der Waals surface area contributed by atoms with Crippen LogP contribution in [0.5, 0.6) is 11.5 Å². The molecule has 3 aliphatic rings. The van der Waals surface area contributed by atoms with Gasteiger partial charge < -0.3 is 47.5 Å². The molecule has 0 bridgehead atoms. The van der Waals surface area contributed by atoms with Crippen molar-refractivity contribution in [3.63, 3.8) is 0 Å².